The highest BCUT2D eigenvalue weighted by Gasteiger charge is 2.29. The van der Waals surface area contributed by atoms with Crippen molar-refractivity contribution in [3.8, 4) is 0 Å². The molecule has 0 spiro atoms. The van der Waals surface area contributed by atoms with Crippen LogP contribution in [0.5, 0.6) is 0 Å². The van der Waals surface area contributed by atoms with Crippen LogP contribution in [0.2, 0.25) is 0 Å². The molecule has 2 fully saturated rings. The Hall–Kier alpha value is -0.690. The third-order valence-corrected chi connectivity index (χ3v) is 4.16. The number of hydrogen-bond acceptors (Lipinski definition) is 6. The quantitative estimate of drug-likeness (QED) is 0.674. The molecule has 0 aliphatic carbocycles. The van der Waals surface area contributed by atoms with Crippen LogP contribution in [-0.4, -0.2) is 80.4 Å². The van der Waals surface area contributed by atoms with E-state index in [0.717, 1.165) is 45.9 Å². The van der Waals surface area contributed by atoms with Gasteiger partial charge in [-0.05, 0) is 26.3 Å². The van der Waals surface area contributed by atoms with Gasteiger partial charge in [0, 0.05) is 32.2 Å². The lowest BCUT2D eigenvalue weighted by Crippen LogP contribution is -2.45. The molecule has 0 aromatic heterocycles. The van der Waals surface area contributed by atoms with Gasteiger partial charge in [0.25, 0.3) is 0 Å². The molecule has 2 N–H and O–H groups in total. The Morgan fingerprint density at radius 3 is 2.85 bits per heavy atom. The molecule has 0 aromatic rings. The maximum absolute atomic E-state index is 11.5. The lowest BCUT2D eigenvalue weighted by atomic mass is 10.2. The Kier molecular flexibility index (Phi) is 6.22. The van der Waals surface area contributed by atoms with Crippen molar-refractivity contribution in [2.75, 3.05) is 52.5 Å². The molecule has 116 valence electrons. The summed E-state index contributed by atoms with van der Waals surface area (Å²) in [5.41, 5.74) is 5.83. The number of nitrogens with two attached hydrogens (primary N) is 1. The normalized spacial score (nSPS) is 26.6. The summed E-state index contributed by atoms with van der Waals surface area (Å²) in [4.78, 5) is 16.4. The summed E-state index contributed by atoms with van der Waals surface area (Å²) in [6, 6.07) is 0.148. The topological polar surface area (TPSA) is 68.0 Å². The first-order chi connectivity index (χ1) is 9.70. The number of rotatable bonds is 6. The Morgan fingerprint density at radius 2 is 2.15 bits per heavy atom. The number of carbonyl (C=O) groups excluding carboxylic acids is 1. The Bertz CT molecular complexity index is 308. The first-order valence-corrected chi connectivity index (χ1v) is 7.67. The molecule has 6 nitrogen and oxygen atoms in total. The molecule has 0 saturated carbocycles. The Balaban J connectivity index is 1.66. The van der Waals surface area contributed by atoms with Gasteiger partial charge in [0.15, 0.2) is 0 Å². The molecule has 0 bridgehead atoms. The van der Waals surface area contributed by atoms with Gasteiger partial charge < -0.3 is 20.1 Å². The number of ether oxygens (including phenoxy) is 2. The zero-order chi connectivity index (χ0) is 14.4. The molecule has 2 aliphatic rings. The lowest BCUT2D eigenvalue weighted by molar-refractivity contribution is -0.144. The molecule has 6 heteroatoms. The van der Waals surface area contributed by atoms with Crippen LogP contribution < -0.4 is 5.73 Å². The van der Waals surface area contributed by atoms with Crippen LogP contribution in [0.25, 0.3) is 0 Å². The van der Waals surface area contributed by atoms with Crippen LogP contribution in [0.1, 0.15) is 19.8 Å². The van der Waals surface area contributed by atoms with E-state index in [2.05, 4.69) is 9.80 Å². The molecular formula is C14H27N3O3. The smallest absolute Gasteiger partial charge is 0.322 e. The lowest BCUT2D eigenvalue weighted by Gasteiger charge is -2.32. The van der Waals surface area contributed by atoms with Gasteiger partial charge in [0.05, 0.1) is 19.8 Å². The third kappa shape index (κ3) is 4.41. The van der Waals surface area contributed by atoms with E-state index in [0.29, 0.717) is 19.1 Å². The number of hydrogen-bond donors (Lipinski definition) is 1. The maximum atomic E-state index is 11.5. The minimum Gasteiger partial charge on any atom is -0.465 e. The Labute approximate surface area is 121 Å². The highest BCUT2D eigenvalue weighted by Crippen LogP contribution is 2.17. The average Bonchev–Trinajstić information content (AvgIpc) is 2.95. The summed E-state index contributed by atoms with van der Waals surface area (Å²) in [5, 5.41) is 0. The minimum absolute atomic E-state index is 0.281. The fourth-order valence-corrected chi connectivity index (χ4v) is 2.94. The molecule has 2 aliphatic heterocycles. The third-order valence-electron chi connectivity index (χ3n) is 4.16. The second-order valence-corrected chi connectivity index (χ2v) is 5.54. The first kappa shape index (κ1) is 15.7. The Morgan fingerprint density at radius 1 is 1.40 bits per heavy atom. The zero-order valence-electron chi connectivity index (χ0n) is 12.4. The van der Waals surface area contributed by atoms with E-state index in [1.165, 1.54) is 6.42 Å². The van der Waals surface area contributed by atoms with Gasteiger partial charge in [-0.1, -0.05) is 0 Å². The van der Waals surface area contributed by atoms with Crippen molar-refractivity contribution in [2.45, 2.75) is 31.8 Å². The summed E-state index contributed by atoms with van der Waals surface area (Å²) in [6.45, 7) is 9.04. The second kappa shape index (κ2) is 7.93. The highest BCUT2D eigenvalue weighted by molar-refractivity contribution is 5.75. The highest BCUT2D eigenvalue weighted by atomic mass is 16.5. The molecule has 2 atom stereocenters. The van der Waals surface area contributed by atoms with Crippen molar-refractivity contribution in [1.29, 1.82) is 0 Å². The predicted molar refractivity (Wildman–Crippen MR) is 76.5 cm³/mol. The summed E-state index contributed by atoms with van der Waals surface area (Å²) >= 11 is 0. The molecule has 20 heavy (non-hydrogen) atoms. The van der Waals surface area contributed by atoms with E-state index >= 15 is 0 Å². The van der Waals surface area contributed by atoms with Crippen molar-refractivity contribution < 1.29 is 14.3 Å². The van der Waals surface area contributed by atoms with Crippen LogP contribution in [0.3, 0.4) is 0 Å². The van der Waals surface area contributed by atoms with Crippen molar-refractivity contribution in [2.24, 2.45) is 5.73 Å². The SMILES string of the molecule is CCOC(=O)C(N)CCN1CCC(N2CCOCC2)C1. The van der Waals surface area contributed by atoms with Gasteiger partial charge in [-0.15, -0.1) is 0 Å². The van der Waals surface area contributed by atoms with Crippen LogP contribution in [-0.2, 0) is 14.3 Å². The average molecular weight is 285 g/mol. The van der Waals surface area contributed by atoms with Gasteiger partial charge in [0.2, 0.25) is 0 Å². The summed E-state index contributed by atoms with van der Waals surface area (Å²) in [6.07, 6.45) is 1.88. The number of carbonyl (C=O) groups is 1. The second-order valence-electron chi connectivity index (χ2n) is 5.54. The summed E-state index contributed by atoms with van der Waals surface area (Å²) in [5.74, 6) is -0.281. The van der Waals surface area contributed by atoms with Gasteiger partial charge in [-0.25, -0.2) is 0 Å². The van der Waals surface area contributed by atoms with Gasteiger partial charge in [-0.2, -0.15) is 0 Å². The van der Waals surface area contributed by atoms with E-state index in [4.69, 9.17) is 15.2 Å². The molecule has 2 saturated heterocycles. The monoisotopic (exact) mass is 285 g/mol. The van der Waals surface area contributed by atoms with Gasteiger partial charge in [-0.3, -0.25) is 9.69 Å². The fourth-order valence-electron chi connectivity index (χ4n) is 2.94. The van der Waals surface area contributed by atoms with E-state index in [9.17, 15) is 4.79 Å². The number of esters is 1. The van der Waals surface area contributed by atoms with E-state index in [-0.39, 0.29) is 5.97 Å². The van der Waals surface area contributed by atoms with Crippen molar-refractivity contribution in [3.63, 3.8) is 0 Å². The fraction of sp³-hybridized carbons (Fsp3) is 0.929. The van der Waals surface area contributed by atoms with Crippen molar-refractivity contribution >= 4 is 5.97 Å². The number of nitrogens with zero attached hydrogens (tertiary/aromatic N) is 2. The summed E-state index contributed by atoms with van der Waals surface area (Å²) in [7, 11) is 0. The van der Waals surface area contributed by atoms with Crippen LogP contribution in [0.4, 0.5) is 0 Å². The van der Waals surface area contributed by atoms with Crippen LogP contribution in [0.15, 0.2) is 0 Å². The van der Waals surface area contributed by atoms with E-state index < -0.39 is 6.04 Å². The number of morpholine rings is 1. The molecule has 0 aromatic carbocycles. The van der Waals surface area contributed by atoms with Crippen molar-refractivity contribution in [3.05, 3.63) is 0 Å². The standard InChI is InChI=1S/C14H27N3O3/c1-2-20-14(18)13(15)4-6-16-5-3-12(11-16)17-7-9-19-10-8-17/h12-13H,2-11,15H2,1H3. The largest absolute Gasteiger partial charge is 0.465 e. The molecule has 2 heterocycles. The minimum atomic E-state index is -0.489. The molecule has 2 unspecified atom stereocenters. The van der Waals surface area contributed by atoms with Crippen molar-refractivity contribution in [1.82, 2.24) is 9.80 Å². The molecule has 0 radical (unpaired) electrons. The number of likely N-dealkylation sites (tertiary alicyclic amines) is 1. The summed E-state index contributed by atoms with van der Waals surface area (Å²) < 4.78 is 10.3. The van der Waals surface area contributed by atoms with E-state index in [1.807, 2.05) is 0 Å². The van der Waals surface area contributed by atoms with Gasteiger partial charge in [0.1, 0.15) is 6.04 Å². The maximum Gasteiger partial charge on any atom is 0.322 e. The first-order valence-electron chi connectivity index (χ1n) is 7.67. The predicted octanol–water partition coefficient (Wildman–Crippen LogP) is -0.327. The molecule has 2 rings (SSSR count). The van der Waals surface area contributed by atoms with Crippen LogP contribution in [0, 0.1) is 0 Å². The van der Waals surface area contributed by atoms with Crippen LogP contribution >= 0.6 is 0 Å². The molecule has 0 amide bonds. The van der Waals surface area contributed by atoms with E-state index in [1.54, 1.807) is 6.92 Å². The van der Waals surface area contributed by atoms with Gasteiger partial charge >= 0.3 is 5.97 Å². The molecular weight excluding hydrogens is 258 g/mol. The zero-order valence-corrected chi connectivity index (χ0v) is 12.4.